The molecule has 27 heavy (non-hydrogen) atoms. The minimum Gasteiger partial charge on any atom is -0.306 e. The highest BCUT2D eigenvalue weighted by atomic mass is 32.2. The Morgan fingerprint density at radius 1 is 0.815 bits per heavy atom. The minimum atomic E-state index is 0.824. The molecule has 0 aliphatic rings. The number of hydrogen-bond donors (Lipinski definition) is 0. The summed E-state index contributed by atoms with van der Waals surface area (Å²) >= 11 is 1.77. The third-order valence-electron chi connectivity index (χ3n) is 4.63. The lowest BCUT2D eigenvalue weighted by Gasteiger charge is -2.09. The predicted molar refractivity (Wildman–Crippen MR) is 113 cm³/mol. The van der Waals surface area contributed by atoms with Crippen molar-refractivity contribution in [2.24, 2.45) is 0 Å². The van der Waals surface area contributed by atoms with Crippen LogP contribution in [0.15, 0.2) is 78.0 Å². The van der Waals surface area contributed by atoms with E-state index in [1.54, 1.807) is 11.8 Å². The van der Waals surface area contributed by atoms with Crippen molar-refractivity contribution >= 4 is 22.5 Å². The number of aromatic nitrogens is 3. The summed E-state index contributed by atoms with van der Waals surface area (Å²) in [6, 6.07) is 25.7. The van der Waals surface area contributed by atoms with Gasteiger partial charge in [-0.15, -0.1) is 10.2 Å². The molecule has 0 unspecified atom stereocenters. The Kier molecular flexibility index (Phi) is 5.54. The first-order chi connectivity index (χ1) is 13.3. The van der Waals surface area contributed by atoms with E-state index in [4.69, 9.17) is 0 Å². The predicted octanol–water partition coefficient (Wildman–Crippen LogP) is 5.72. The lowest BCUT2D eigenvalue weighted by atomic mass is 10.1. The van der Waals surface area contributed by atoms with Crippen LogP contribution < -0.4 is 0 Å². The van der Waals surface area contributed by atoms with Gasteiger partial charge in [-0.1, -0.05) is 91.5 Å². The molecule has 1 aromatic heterocycles. The first kappa shape index (κ1) is 17.8. The molecule has 0 bridgehead atoms. The van der Waals surface area contributed by atoms with Crippen LogP contribution in [-0.4, -0.2) is 14.8 Å². The van der Waals surface area contributed by atoms with Crippen molar-refractivity contribution < 1.29 is 0 Å². The van der Waals surface area contributed by atoms with Crippen LogP contribution in [0.5, 0.6) is 0 Å². The van der Waals surface area contributed by atoms with Gasteiger partial charge in [0.05, 0.1) is 0 Å². The van der Waals surface area contributed by atoms with E-state index in [-0.39, 0.29) is 0 Å². The number of fused-ring (bicyclic) bond motifs is 1. The molecule has 0 saturated carbocycles. The molecule has 0 aliphatic carbocycles. The van der Waals surface area contributed by atoms with Gasteiger partial charge in [-0.05, 0) is 28.3 Å². The maximum Gasteiger partial charge on any atom is 0.191 e. The molecule has 4 rings (SSSR count). The van der Waals surface area contributed by atoms with E-state index < -0.39 is 0 Å². The van der Waals surface area contributed by atoms with Crippen LogP contribution in [-0.2, 0) is 18.7 Å². The standard InChI is InChI=1S/C23H23N3S/c1-2-14-26-22(16-18-8-4-3-5-9-18)24-25-23(26)27-17-19-12-13-20-10-6-7-11-21(20)15-19/h3-13,15H,2,14,16-17H2,1H3. The van der Waals surface area contributed by atoms with E-state index in [1.165, 1.54) is 21.9 Å². The summed E-state index contributed by atoms with van der Waals surface area (Å²) in [6.45, 7) is 3.15. The van der Waals surface area contributed by atoms with E-state index in [0.717, 1.165) is 36.1 Å². The molecule has 136 valence electrons. The zero-order chi connectivity index (χ0) is 18.5. The number of thioether (sulfide) groups is 1. The fraction of sp³-hybridized carbons (Fsp3) is 0.217. The first-order valence-electron chi connectivity index (χ1n) is 9.40. The fourth-order valence-electron chi connectivity index (χ4n) is 3.26. The largest absolute Gasteiger partial charge is 0.306 e. The van der Waals surface area contributed by atoms with Crippen LogP contribution in [0.2, 0.25) is 0 Å². The van der Waals surface area contributed by atoms with Crippen LogP contribution in [0, 0.1) is 0 Å². The van der Waals surface area contributed by atoms with Crippen molar-refractivity contribution in [3.8, 4) is 0 Å². The third-order valence-corrected chi connectivity index (χ3v) is 5.67. The average molecular weight is 374 g/mol. The fourth-order valence-corrected chi connectivity index (χ4v) is 4.19. The molecule has 0 N–H and O–H groups in total. The van der Waals surface area contributed by atoms with Crippen LogP contribution in [0.25, 0.3) is 10.8 Å². The number of hydrogen-bond acceptors (Lipinski definition) is 3. The number of benzene rings is 3. The molecule has 0 fully saturated rings. The van der Waals surface area contributed by atoms with Gasteiger partial charge in [-0.2, -0.15) is 0 Å². The highest BCUT2D eigenvalue weighted by Crippen LogP contribution is 2.25. The van der Waals surface area contributed by atoms with Gasteiger partial charge in [-0.25, -0.2) is 0 Å². The van der Waals surface area contributed by atoms with Gasteiger partial charge >= 0.3 is 0 Å². The summed E-state index contributed by atoms with van der Waals surface area (Å²) < 4.78 is 2.28. The van der Waals surface area contributed by atoms with Gasteiger partial charge in [0.15, 0.2) is 5.16 Å². The second kappa shape index (κ2) is 8.40. The van der Waals surface area contributed by atoms with Gasteiger partial charge in [0.1, 0.15) is 5.82 Å². The zero-order valence-corrected chi connectivity index (χ0v) is 16.3. The lowest BCUT2D eigenvalue weighted by Crippen LogP contribution is -2.05. The van der Waals surface area contributed by atoms with Crippen molar-refractivity contribution in [2.45, 2.75) is 37.2 Å². The van der Waals surface area contributed by atoms with Gasteiger partial charge in [0, 0.05) is 18.7 Å². The van der Waals surface area contributed by atoms with Crippen molar-refractivity contribution in [1.82, 2.24) is 14.8 Å². The quantitative estimate of drug-likeness (QED) is 0.388. The molecular formula is C23H23N3S. The maximum absolute atomic E-state index is 4.48. The highest BCUT2D eigenvalue weighted by Gasteiger charge is 2.13. The van der Waals surface area contributed by atoms with E-state index in [1.807, 2.05) is 6.07 Å². The molecule has 4 heteroatoms. The Balaban J connectivity index is 1.52. The lowest BCUT2D eigenvalue weighted by molar-refractivity contribution is 0.598. The van der Waals surface area contributed by atoms with Crippen LogP contribution in [0.1, 0.15) is 30.3 Å². The number of nitrogens with zero attached hydrogens (tertiary/aromatic N) is 3. The van der Waals surface area contributed by atoms with Gasteiger partial charge in [0.25, 0.3) is 0 Å². The Bertz CT molecular complexity index is 1020. The zero-order valence-electron chi connectivity index (χ0n) is 15.5. The minimum absolute atomic E-state index is 0.824. The molecule has 0 atom stereocenters. The molecular weight excluding hydrogens is 350 g/mol. The summed E-state index contributed by atoms with van der Waals surface area (Å²) in [5.41, 5.74) is 2.59. The monoisotopic (exact) mass is 373 g/mol. The maximum atomic E-state index is 4.48. The van der Waals surface area contributed by atoms with Gasteiger partial charge < -0.3 is 4.57 Å². The Morgan fingerprint density at radius 3 is 2.41 bits per heavy atom. The molecule has 0 spiro atoms. The van der Waals surface area contributed by atoms with E-state index in [9.17, 15) is 0 Å². The van der Waals surface area contributed by atoms with Gasteiger partial charge in [0.2, 0.25) is 0 Å². The Labute approximate surface area is 164 Å². The highest BCUT2D eigenvalue weighted by molar-refractivity contribution is 7.98. The molecule has 3 nitrogen and oxygen atoms in total. The summed E-state index contributed by atoms with van der Waals surface area (Å²) in [7, 11) is 0. The van der Waals surface area contributed by atoms with E-state index in [0.29, 0.717) is 0 Å². The number of rotatable bonds is 7. The molecule has 4 aromatic rings. The van der Waals surface area contributed by atoms with E-state index in [2.05, 4.69) is 88.4 Å². The second-order valence-electron chi connectivity index (χ2n) is 6.68. The molecule has 0 radical (unpaired) electrons. The summed E-state index contributed by atoms with van der Waals surface area (Å²) in [5.74, 6) is 1.95. The van der Waals surface area contributed by atoms with Crippen LogP contribution >= 0.6 is 11.8 Å². The van der Waals surface area contributed by atoms with Crippen molar-refractivity contribution in [3.05, 3.63) is 89.7 Å². The first-order valence-corrected chi connectivity index (χ1v) is 10.4. The van der Waals surface area contributed by atoms with Gasteiger partial charge in [-0.3, -0.25) is 0 Å². The molecule has 0 aliphatic heterocycles. The van der Waals surface area contributed by atoms with E-state index >= 15 is 0 Å². The molecule has 3 aromatic carbocycles. The van der Waals surface area contributed by atoms with Crippen LogP contribution in [0.4, 0.5) is 0 Å². The smallest absolute Gasteiger partial charge is 0.191 e. The van der Waals surface area contributed by atoms with Crippen molar-refractivity contribution in [1.29, 1.82) is 0 Å². The Hall–Kier alpha value is -2.59. The normalized spacial score (nSPS) is 11.1. The second-order valence-corrected chi connectivity index (χ2v) is 7.63. The molecule has 0 amide bonds. The summed E-state index contributed by atoms with van der Waals surface area (Å²) in [6.07, 6.45) is 1.90. The molecule has 1 heterocycles. The van der Waals surface area contributed by atoms with Crippen molar-refractivity contribution in [2.75, 3.05) is 0 Å². The summed E-state index contributed by atoms with van der Waals surface area (Å²) in [5, 5.41) is 12.5. The average Bonchev–Trinajstić information content (AvgIpc) is 3.09. The SMILES string of the molecule is CCCn1c(Cc2ccccc2)nnc1SCc1ccc2ccccc2c1. The topological polar surface area (TPSA) is 30.7 Å². The van der Waals surface area contributed by atoms with Crippen molar-refractivity contribution in [3.63, 3.8) is 0 Å². The third kappa shape index (κ3) is 4.22. The molecule has 0 saturated heterocycles. The van der Waals surface area contributed by atoms with Crippen LogP contribution in [0.3, 0.4) is 0 Å². The summed E-state index contributed by atoms with van der Waals surface area (Å²) in [4.78, 5) is 0. The Morgan fingerprint density at radius 2 is 1.59 bits per heavy atom.